The number of hydrogen-bond acceptors (Lipinski definition) is 9. The van der Waals surface area contributed by atoms with Crippen LogP contribution < -0.4 is 16.0 Å². The topological polar surface area (TPSA) is 85.5 Å². The Morgan fingerprint density at radius 2 is 1.97 bits per heavy atom. The van der Waals surface area contributed by atoms with Crippen molar-refractivity contribution in [2.75, 3.05) is 63.1 Å². The first-order chi connectivity index (χ1) is 16.9. The van der Waals surface area contributed by atoms with Crippen molar-refractivity contribution in [3.63, 3.8) is 0 Å². The Morgan fingerprint density at radius 1 is 1.20 bits per heavy atom. The van der Waals surface area contributed by atoms with E-state index in [1.807, 2.05) is 49.6 Å². The highest BCUT2D eigenvalue weighted by Crippen LogP contribution is 2.37. The van der Waals surface area contributed by atoms with Gasteiger partial charge in [0.2, 0.25) is 6.35 Å². The molecule has 2 saturated heterocycles. The molecule has 10 heteroatoms. The maximum atomic E-state index is 15.8. The Hall–Kier alpha value is -2.27. The fourth-order valence-corrected chi connectivity index (χ4v) is 5.69. The van der Waals surface area contributed by atoms with Gasteiger partial charge < -0.3 is 24.8 Å². The van der Waals surface area contributed by atoms with Crippen LogP contribution in [0.4, 0.5) is 15.9 Å². The predicted molar refractivity (Wildman–Crippen MR) is 137 cm³/mol. The van der Waals surface area contributed by atoms with Gasteiger partial charge in [0.05, 0.1) is 5.69 Å². The van der Waals surface area contributed by atoms with Crippen LogP contribution >= 0.6 is 0 Å². The molecule has 0 radical (unpaired) electrons. The van der Waals surface area contributed by atoms with Gasteiger partial charge in [-0.25, -0.2) is 9.37 Å². The minimum Gasteiger partial charge on any atom is -0.347 e. The zero-order chi connectivity index (χ0) is 24.4. The Bertz CT molecular complexity index is 926. The van der Waals surface area contributed by atoms with Gasteiger partial charge in [-0.3, -0.25) is 15.6 Å². The third kappa shape index (κ3) is 5.45. The van der Waals surface area contributed by atoms with Crippen LogP contribution in [-0.4, -0.2) is 103 Å². The van der Waals surface area contributed by atoms with Crippen LogP contribution in [0.5, 0.6) is 0 Å². The first-order valence-electron chi connectivity index (χ1n) is 12.9. The van der Waals surface area contributed by atoms with Crippen molar-refractivity contribution in [3.05, 3.63) is 30.1 Å². The zero-order valence-corrected chi connectivity index (χ0v) is 20.9. The lowest BCUT2D eigenvalue weighted by Crippen LogP contribution is -2.54. The first-order valence-corrected chi connectivity index (χ1v) is 12.9. The van der Waals surface area contributed by atoms with Gasteiger partial charge in [0.1, 0.15) is 5.67 Å². The van der Waals surface area contributed by atoms with E-state index in [0.29, 0.717) is 32.0 Å². The number of alkyl halides is 1. The van der Waals surface area contributed by atoms with Crippen molar-refractivity contribution < 1.29 is 9.13 Å². The average molecular weight is 487 g/mol. The van der Waals surface area contributed by atoms with Crippen LogP contribution in [0, 0.1) is 0 Å². The van der Waals surface area contributed by atoms with Crippen LogP contribution in [-0.2, 0) is 4.74 Å². The van der Waals surface area contributed by atoms with E-state index in [4.69, 9.17) is 10.5 Å². The van der Waals surface area contributed by atoms with E-state index in [1.165, 1.54) is 0 Å². The minimum atomic E-state index is -1.12. The molecule has 0 aromatic carbocycles. The highest BCUT2D eigenvalue weighted by atomic mass is 19.1. The van der Waals surface area contributed by atoms with E-state index < -0.39 is 5.67 Å². The lowest BCUT2D eigenvalue weighted by molar-refractivity contribution is 0.0172. The maximum absolute atomic E-state index is 15.8. The molecule has 0 amide bonds. The molecule has 35 heavy (non-hydrogen) atoms. The number of aliphatic imine (C=N–C) groups is 1. The molecule has 0 bridgehead atoms. The smallest absolute Gasteiger partial charge is 0.209 e. The lowest BCUT2D eigenvalue weighted by atomic mass is 9.91. The largest absolute Gasteiger partial charge is 0.347 e. The second kappa shape index (κ2) is 10.4. The van der Waals surface area contributed by atoms with Crippen molar-refractivity contribution in [1.29, 1.82) is 0 Å². The van der Waals surface area contributed by atoms with Crippen LogP contribution in [0.3, 0.4) is 0 Å². The number of aromatic nitrogens is 1. The summed E-state index contributed by atoms with van der Waals surface area (Å²) in [4.78, 5) is 17.8. The molecule has 3 N–H and O–H groups in total. The number of ether oxygens (including phenoxy) is 1. The van der Waals surface area contributed by atoms with Crippen LogP contribution in [0.15, 0.2) is 35.1 Å². The quantitative estimate of drug-likeness (QED) is 0.606. The summed E-state index contributed by atoms with van der Waals surface area (Å²) in [6.07, 6.45) is 8.35. The fraction of sp³-hybridized carbons (Fsp3) is 0.680. The number of anilines is 2. The number of hydrogen-bond donors (Lipinski definition) is 2. The number of rotatable bonds is 7. The molecule has 2 unspecified atom stereocenters. The van der Waals surface area contributed by atoms with Crippen LogP contribution in [0.2, 0.25) is 0 Å². The second-order valence-electron chi connectivity index (χ2n) is 10.2. The molecule has 0 aliphatic carbocycles. The number of piperidine rings is 2. The fourth-order valence-electron chi connectivity index (χ4n) is 5.69. The zero-order valence-electron chi connectivity index (χ0n) is 20.9. The monoisotopic (exact) mass is 486 g/mol. The summed E-state index contributed by atoms with van der Waals surface area (Å²) in [5.41, 5.74) is 6.91. The standard InChI is InChI=1S/C25H39FN8O/c1-3-35-24-30-21-5-4-10-28-22(21)34(24)20-6-11-33(12-7-20)18-25(26)8-13-32(14-9-25)17-19-15-29-23(27)31(2)16-19/h4-5,10,15-16,20,23-24,30H,3,6-9,11-14,17-18,27H2,1-2H3. The summed E-state index contributed by atoms with van der Waals surface area (Å²) in [5.74, 6) is 0.963. The number of halogens is 1. The van der Waals surface area contributed by atoms with Gasteiger partial charge in [-0.05, 0) is 44.7 Å². The van der Waals surface area contributed by atoms with Gasteiger partial charge in [0.15, 0.2) is 12.1 Å². The molecule has 0 saturated carbocycles. The van der Waals surface area contributed by atoms with Crippen LogP contribution in [0.1, 0.15) is 32.6 Å². The van der Waals surface area contributed by atoms with E-state index >= 15 is 4.39 Å². The molecular weight excluding hydrogens is 447 g/mol. The van der Waals surface area contributed by atoms with Gasteiger partial charge in [0.25, 0.3) is 0 Å². The molecule has 2 fully saturated rings. The molecule has 192 valence electrons. The summed E-state index contributed by atoms with van der Waals surface area (Å²) >= 11 is 0. The van der Waals surface area contributed by atoms with Gasteiger partial charge in [0, 0.05) is 83.1 Å². The number of fused-ring (bicyclic) bond motifs is 1. The van der Waals surface area contributed by atoms with Gasteiger partial charge in [-0.2, -0.15) is 0 Å². The normalized spacial score (nSPS) is 27.6. The van der Waals surface area contributed by atoms with E-state index in [2.05, 4.69) is 30.0 Å². The third-order valence-corrected chi connectivity index (χ3v) is 7.68. The van der Waals surface area contributed by atoms with Crippen molar-refractivity contribution >= 4 is 17.7 Å². The number of nitrogens with two attached hydrogens (primary N) is 1. The van der Waals surface area contributed by atoms with E-state index in [0.717, 1.165) is 62.6 Å². The maximum Gasteiger partial charge on any atom is 0.209 e. The summed E-state index contributed by atoms with van der Waals surface area (Å²) in [6, 6.07) is 4.33. The molecule has 5 heterocycles. The van der Waals surface area contributed by atoms with Gasteiger partial charge in [-0.15, -0.1) is 0 Å². The summed E-state index contributed by atoms with van der Waals surface area (Å²) in [5, 5.41) is 3.45. The summed E-state index contributed by atoms with van der Waals surface area (Å²) in [6.45, 7) is 7.30. The van der Waals surface area contributed by atoms with Crippen molar-refractivity contribution in [2.24, 2.45) is 10.7 Å². The van der Waals surface area contributed by atoms with E-state index in [1.54, 1.807) is 0 Å². The molecule has 1 aromatic rings. The highest BCUT2D eigenvalue weighted by molar-refractivity contribution is 5.79. The first kappa shape index (κ1) is 24.4. The van der Waals surface area contributed by atoms with E-state index in [-0.39, 0.29) is 12.6 Å². The van der Waals surface area contributed by atoms with Crippen LogP contribution in [0.25, 0.3) is 0 Å². The Morgan fingerprint density at radius 3 is 2.69 bits per heavy atom. The Labute approximate surface area is 207 Å². The Kier molecular flexibility index (Phi) is 7.24. The number of nitrogens with one attached hydrogen (secondary N) is 1. The summed E-state index contributed by atoms with van der Waals surface area (Å²) in [7, 11) is 1.93. The molecular formula is C25H39FN8O. The SMILES string of the molecule is CCOC1Nc2cccnc2N1C1CCN(CC2(F)CCN(CC3=CN(C)C(N)N=C3)CC2)CC1. The average Bonchev–Trinajstić information content (AvgIpc) is 3.22. The molecule has 4 aliphatic heterocycles. The van der Waals surface area contributed by atoms with Crippen molar-refractivity contribution in [2.45, 2.75) is 57.0 Å². The molecule has 0 spiro atoms. The Balaban J connectivity index is 1.11. The van der Waals surface area contributed by atoms with Gasteiger partial charge in [-0.1, -0.05) is 0 Å². The molecule has 2 atom stereocenters. The molecule has 1 aromatic heterocycles. The minimum absolute atomic E-state index is 0.182. The predicted octanol–water partition coefficient (Wildman–Crippen LogP) is 2.04. The molecule has 5 rings (SSSR count). The number of likely N-dealkylation sites (tertiary alicyclic amines) is 2. The highest BCUT2D eigenvalue weighted by Gasteiger charge is 2.40. The third-order valence-electron chi connectivity index (χ3n) is 7.68. The van der Waals surface area contributed by atoms with Crippen molar-refractivity contribution in [3.8, 4) is 0 Å². The van der Waals surface area contributed by atoms with Crippen molar-refractivity contribution in [1.82, 2.24) is 19.7 Å². The second-order valence-corrected chi connectivity index (χ2v) is 10.2. The van der Waals surface area contributed by atoms with Gasteiger partial charge >= 0.3 is 0 Å². The molecule has 4 aliphatic rings. The molecule has 9 nitrogen and oxygen atoms in total. The lowest BCUT2D eigenvalue weighted by Gasteiger charge is -2.43. The number of nitrogens with zero attached hydrogens (tertiary/aromatic N) is 6. The number of pyridine rings is 1. The summed E-state index contributed by atoms with van der Waals surface area (Å²) < 4.78 is 21.8. The van der Waals surface area contributed by atoms with E-state index in [9.17, 15) is 0 Å².